The molecule has 0 saturated carbocycles. The predicted molar refractivity (Wildman–Crippen MR) is 77.3 cm³/mol. The van der Waals surface area contributed by atoms with Crippen LogP contribution in [0, 0.1) is 0 Å². The van der Waals surface area contributed by atoms with Crippen LogP contribution in [0.4, 0.5) is 0 Å². The summed E-state index contributed by atoms with van der Waals surface area (Å²) in [5.41, 5.74) is 0.960. The highest BCUT2D eigenvalue weighted by molar-refractivity contribution is 9.10. The summed E-state index contributed by atoms with van der Waals surface area (Å²) in [6.45, 7) is 8.01. The van der Waals surface area contributed by atoms with Crippen molar-refractivity contribution in [1.82, 2.24) is 5.32 Å². The summed E-state index contributed by atoms with van der Waals surface area (Å²) < 4.78 is 6.31. The molecule has 0 aromatic heterocycles. The molecule has 2 nitrogen and oxygen atoms in total. The van der Waals surface area contributed by atoms with Crippen molar-refractivity contribution in [3.05, 3.63) is 38.8 Å². The number of hydrogen-bond acceptors (Lipinski definition) is 2. The lowest BCUT2D eigenvalue weighted by Crippen LogP contribution is -2.18. The second-order valence-electron chi connectivity index (χ2n) is 3.52. The molecule has 17 heavy (non-hydrogen) atoms. The van der Waals surface area contributed by atoms with Crippen LogP contribution < -0.4 is 10.1 Å². The lowest BCUT2D eigenvalue weighted by molar-refractivity contribution is 0.349. The van der Waals surface area contributed by atoms with Gasteiger partial charge in [-0.25, -0.2) is 0 Å². The zero-order valence-corrected chi connectivity index (χ0v) is 12.6. The van der Waals surface area contributed by atoms with Crippen molar-refractivity contribution in [2.24, 2.45) is 0 Å². The first kappa shape index (κ1) is 14.8. The van der Waals surface area contributed by atoms with Gasteiger partial charge in [-0.05, 0) is 34.1 Å². The minimum absolute atomic E-state index is 0.421. The molecule has 0 aliphatic carbocycles. The van der Waals surface area contributed by atoms with E-state index >= 15 is 0 Å². The molecule has 1 aromatic rings. The topological polar surface area (TPSA) is 21.3 Å². The molecule has 0 aliphatic heterocycles. The first-order valence-electron chi connectivity index (χ1n) is 5.19. The lowest BCUT2D eigenvalue weighted by atomic mass is 10.3. The highest BCUT2D eigenvalue weighted by atomic mass is 79.9. The molecule has 0 saturated heterocycles. The molecule has 0 spiro atoms. The predicted octanol–water partition coefficient (Wildman–Crippen LogP) is 4.30. The van der Waals surface area contributed by atoms with Gasteiger partial charge in [0.05, 0.1) is 10.0 Å². The van der Waals surface area contributed by atoms with Gasteiger partial charge in [-0.1, -0.05) is 36.7 Å². The summed E-state index contributed by atoms with van der Waals surface area (Å²) in [7, 11) is 0. The van der Waals surface area contributed by atoms with E-state index in [0.29, 0.717) is 22.4 Å². The molecule has 0 amide bonds. The quantitative estimate of drug-likeness (QED) is 0.616. The fourth-order valence-corrected chi connectivity index (χ4v) is 1.99. The van der Waals surface area contributed by atoms with Crippen LogP contribution in [0.15, 0.2) is 28.8 Å². The third-order valence-corrected chi connectivity index (χ3v) is 3.52. The maximum atomic E-state index is 6.03. The van der Waals surface area contributed by atoms with Crippen LogP contribution in [0.3, 0.4) is 0 Å². The lowest BCUT2D eigenvalue weighted by Gasteiger charge is -2.11. The molecular weight excluding hydrogens is 325 g/mol. The highest BCUT2D eigenvalue weighted by Gasteiger charge is 2.07. The minimum Gasteiger partial charge on any atom is -0.488 e. The van der Waals surface area contributed by atoms with Crippen molar-refractivity contribution in [3.63, 3.8) is 0 Å². The van der Waals surface area contributed by atoms with E-state index in [1.807, 2.05) is 6.92 Å². The molecule has 0 unspecified atom stereocenters. The fourth-order valence-electron chi connectivity index (χ4n) is 1.15. The maximum Gasteiger partial charge on any atom is 0.139 e. The SMILES string of the molecule is C=C(CNCC)COc1cc(Cl)c(Br)cc1Cl. The molecule has 0 atom stereocenters. The Morgan fingerprint density at radius 1 is 1.41 bits per heavy atom. The molecule has 0 bridgehead atoms. The van der Waals surface area contributed by atoms with Crippen molar-refractivity contribution in [1.29, 1.82) is 0 Å². The molecule has 1 N–H and O–H groups in total. The summed E-state index contributed by atoms with van der Waals surface area (Å²) in [6.07, 6.45) is 0. The second-order valence-corrected chi connectivity index (χ2v) is 5.18. The molecule has 5 heteroatoms. The van der Waals surface area contributed by atoms with Gasteiger partial charge in [0.1, 0.15) is 12.4 Å². The van der Waals surface area contributed by atoms with Crippen LogP contribution in [0.25, 0.3) is 0 Å². The van der Waals surface area contributed by atoms with E-state index in [1.165, 1.54) is 0 Å². The van der Waals surface area contributed by atoms with Crippen molar-refractivity contribution < 1.29 is 4.74 Å². The standard InChI is InChI=1S/C12H14BrCl2NO/c1-3-16-6-8(2)7-17-12-5-10(14)9(13)4-11(12)15/h4-5,16H,2-3,6-7H2,1H3. The Kier molecular flexibility index (Phi) is 6.34. The number of nitrogens with one attached hydrogen (secondary N) is 1. The number of halogens is 3. The van der Waals surface area contributed by atoms with Crippen molar-refractivity contribution >= 4 is 39.1 Å². The zero-order chi connectivity index (χ0) is 12.8. The van der Waals surface area contributed by atoms with Crippen LogP contribution in [0.2, 0.25) is 10.0 Å². The van der Waals surface area contributed by atoms with Crippen molar-refractivity contribution in [2.75, 3.05) is 19.7 Å². The van der Waals surface area contributed by atoms with Crippen LogP contribution in [0.5, 0.6) is 5.75 Å². The Hall–Kier alpha value is -0.220. The van der Waals surface area contributed by atoms with E-state index in [-0.39, 0.29) is 0 Å². The smallest absolute Gasteiger partial charge is 0.139 e. The molecule has 0 aliphatic rings. The zero-order valence-electron chi connectivity index (χ0n) is 9.53. The molecular formula is C12H14BrCl2NO. The van der Waals surface area contributed by atoms with E-state index in [9.17, 15) is 0 Å². The van der Waals surface area contributed by atoms with Crippen LogP contribution >= 0.6 is 39.1 Å². The van der Waals surface area contributed by atoms with Crippen LogP contribution in [0.1, 0.15) is 6.92 Å². The Bertz CT molecular complexity index is 410. The number of likely N-dealkylation sites (N-methyl/N-ethyl adjacent to an activating group) is 1. The summed E-state index contributed by atoms with van der Waals surface area (Å²) in [6, 6.07) is 3.40. The maximum absolute atomic E-state index is 6.03. The van der Waals surface area contributed by atoms with E-state index in [1.54, 1.807) is 12.1 Å². The average molecular weight is 339 g/mol. The fraction of sp³-hybridized carbons (Fsp3) is 0.333. The van der Waals surface area contributed by atoms with Crippen molar-refractivity contribution in [3.8, 4) is 5.75 Å². The Morgan fingerprint density at radius 3 is 2.76 bits per heavy atom. The first-order chi connectivity index (χ1) is 8.04. The van der Waals surface area contributed by atoms with E-state index in [0.717, 1.165) is 23.1 Å². The van der Waals surface area contributed by atoms with Gasteiger partial charge in [-0.15, -0.1) is 0 Å². The third kappa shape index (κ3) is 4.88. The van der Waals surface area contributed by atoms with Gasteiger partial charge >= 0.3 is 0 Å². The second kappa shape index (κ2) is 7.27. The summed E-state index contributed by atoms with van der Waals surface area (Å²) >= 11 is 15.3. The summed E-state index contributed by atoms with van der Waals surface area (Å²) in [5.74, 6) is 0.567. The monoisotopic (exact) mass is 337 g/mol. The Morgan fingerprint density at radius 2 is 2.12 bits per heavy atom. The van der Waals surface area contributed by atoms with E-state index in [4.69, 9.17) is 27.9 Å². The van der Waals surface area contributed by atoms with Crippen LogP contribution in [-0.2, 0) is 0 Å². The molecule has 1 rings (SSSR count). The highest BCUT2D eigenvalue weighted by Crippen LogP contribution is 2.34. The normalized spacial score (nSPS) is 10.4. The number of hydrogen-bond donors (Lipinski definition) is 1. The van der Waals surface area contributed by atoms with Gasteiger partial charge < -0.3 is 10.1 Å². The molecule has 94 valence electrons. The van der Waals surface area contributed by atoms with Gasteiger partial charge in [-0.2, -0.15) is 0 Å². The van der Waals surface area contributed by atoms with Crippen molar-refractivity contribution in [2.45, 2.75) is 6.92 Å². The Balaban J connectivity index is 2.57. The molecule has 0 radical (unpaired) electrons. The molecule has 1 aromatic carbocycles. The third-order valence-electron chi connectivity index (χ3n) is 2.03. The van der Waals surface area contributed by atoms with Gasteiger partial charge in [0.2, 0.25) is 0 Å². The van der Waals surface area contributed by atoms with E-state index in [2.05, 4.69) is 27.8 Å². The van der Waals surface area contributed by atoms with Gasteiger partial charge in [0, 0.05) is 17.1 Å². The molecule has 0 fully saturated rings. The number of rotatable bonds is 6. The summed E-state index contributed by atoms with van der Waals surface area (Å²) in [4.78, 5) is 0. The van der Waals surface area contributed by atoms with Crippen LogP contribution in [-0.4, -0.2) is 19.7 Å². The Labute approximate surface area is 120 Å². The van der Waals surface area contributed by atoms with Gasteiger partial charge in [0.25, 0.3) is 0 Å². The summed E-state index contributed by atoms with van der Waals surface area (Å²) in [5, 5.41) is 4.27. The number of benzene rings is 1. The largest absolute Gasteiger partial charge is 0.488 e. The minimum atomic E-state index is 0.421. The van der Waals surface area contributed by atoms with Gasteiger partial charge in [0.15, 0.2) is 0 Å². The van der Waals surface area contributed by atoms with E-state index < -0.39 is 0 Å². The first-order valence-corrected chi connectivity index (χ1v) is 6.74. The molecule has 0 heterocycles. The number of ether oxygens (including phenoxy) is 1. The average Bonchev–Trinajstić information content (AvgIpc) is 2.29. The van der Waals surface area contributed by atoms with Gasteiger partial charge in [-0.3, -0.25) is 0 Å².